The molecule has 0 N–H and O–H groups in total. The molecule has 0 saturated carbocycles. The van der Waals surface area contributed by atoms with E-state index in [2.05, 4.69) is 155 Å². The number of allylic oxidation sites excluding steroid dienone is 1. The Morgan fingerprint density at radius 3 is 1.89 bits per heavy atom. The lowest BCUT2D eigenvalue weighted by Gasteiger charge is -2.16. The van der Waals surface area contributed by atoms with Crippen molar-refractivity contribution in [1.29, 1.82) is 10.5 Å². The van der Waals surface area contributed by atoms with Gasteiger partial charge in [0.2, 0.25) is 0 Å². The lowest BCUT2D eigenvalue weighted by Crippen LogP contribution is -2.00. The van der Waals surface area contributed by atoms with Crippen molar-refractivity contribution in [2.24, 2.45) is 0 Å². The summed E-state index contributed by atoms with van der Waals surface area (Å²) >= 11 is 0. The second-order valence-corrected chi connectivity index (χ2v) is 14.0. The van der Waals surface area contributed by atoms with Crippen LogP contribution in [0.25, 0.3) is 94.9 Å². The minimum absolute atomic E-state index is 0.561. The third kappa shape index (κ3) is 4.79. The van der Waals surface area contributed by atoms with Crippen LogP contribution in [0, 0.1) is 22.7 Å². The molecule has 0 aliphatic heterocycles. The second kappa shape index (κ2) is 12.9. The summed E-state index contributed by atoms with van der Waals surface area (Å²) < 4.78 is 6.90. The zero-order chi connectivity index (χ0) is 37.9. The van der Waals surface area contributed by atoms with E-state index >= 15 is 0 Å². The van der Waals surface area contributed by atoms with Gasteiger partial charge >= 0.3 is 0 Å². The number of hydrogen-bond acceptors (Lipinski definition) is 2. The summed E-state index contributed by atoms with van der Waals surface area (Å²) in [4.78, 5) is 0. The van der Waals surface area contributed by atoms with Crippen LogP contribution < -0.4 is 0 Å². The lowest BCUT2D eigenvalue weighted by atomic mass is 10.0. The number of rotatable bonds is 6. The largest absolute Gasteiger partial charge is 0.309 e. The summed E-state index contributed by atoms with van der Waals surface area (Å²) in [6.45, 7) is 6.32. The lowest BCUT2D eigenvalue weighted by molar-refractivity contribution is 1.12. The van der Waals surface area contributed by atoms with Crippen LogP contribution in [0.15, 0.2) is 164 Å². The first-order chi connectivity index (χ1) is 27.6. The smallest absolute Gasteiger partial charge is 0.0992 e. The van der Waals surface area contributed by atoms with Crippen molar-refractivity contribution >= 4 is 66.7 Å². The van der Waals surface area contributed by atoms with E-state index in [1.807, 2.05) is 54.6 Å². The Balaban J connectivity index is 1.23. The standard InChI is InChI=1S/C51H33N5/c1-3-13-38-39-16-5-8-19-44(39)55(43(38)4-2)48-23-12-22-47-51(48)42-18-7-10-21-46(42)54(47)36-15-11-14-35(30-36)37-26-24-33(31-52)28-49(37)56-45-20-9-6-17-40(45)41-27-25-34(32-53)29-50(41)56/h3-30H,2H2,1H3/b13-3-. The summed E-state index contributed by atoms with van der Waals surface area (Å²) in [5.41, 5.74) is 13.6. The van der Waals surface area contributed by atoms with Crippen molar-refractivity contribution in [1.82, 2.24) is 13.7 Å². The number of aromatic nitrogens is 3. The van der Waals surface area contributed by atoms with Gasteiger partial charge in [0, 0.05) is 43.7 Å². The van der Waals surface area contributed by atoms with E-state index in [9.17, 15) is 10.5 Å². The van der Waals surface area contributed by atoms with Crippen molar-refractivity contribution < 1.29 is 0 Å². The molecule has 0 saturated heterocycles. The molecular formula is C51H33N5. The van der Waals surface area contributed by atoms with Gasteiger partial charge in [-0.25, -0.2) is 0 Å². The second-order valence-electron chi connectivity index (χ2n) is 14.0. The Kier molecular flexibility index (Phi) is 7.56. The molecule has 0 radical (unpaired) electrons. The van der Waals surface area contributed by atoms with E-state index in [1.165, 1.54) is 5.39 Å². The van der Waals surface area contributed by atoms with Crippen LogP contribution in [0.5, 0.6) is 0 Å². The summed E-state index contributed by atoms with van der Waals surface area (Å²) in [5, 5.41) is 25.6. The van der Waals surface area contributed by atoms with Crippen LogP contribution >= 0.6 is 0 Å². The highest BCUT2D eigenvalue weighted by Gasteiger charge is 2.22. The van der Waals surface area contributed by atoms with Crippen LogP contribution in [0.2, 0.25) is 0 Å². The Hall–Kier alpha value is -7.86. The van der Waals surface area contributed by atoms with Crippen molar-refractivity contribution in [3.05, 3.63) is 187 Å². The van der Waals surface area contributed by atoms with Gasteiger partial charge in [-0.1, -0.05) is 104 Å². The molecule has 0 atom stereocenters. The molecule has 5 heteroatoms. The number of benzene rings is 7. The van der Waals surface area contributed by atoms with Gasteiger partial charge in [-0.3, -0.25) is 0 Å². The molecule has 3 aromatic heterocycles. The van der Waals surface area contributed by atoms with Gasteiger partial charge in [0.15, 0.2) is 0 Å². The third-order valence-corrected chi connectivity index (χ3v) is 11.0. The first-order valence-electron chi connectivity index (χ1n) is 18.6. The molecule has 0 unspecified atom stereocenters. The van der Waals surface area contributed by atoms with E-state index in [-0.39, 0.29) is 0 Å². The first-order valence-corrected chi connectivity index (χ1v) is 18.6. The van der Waals surface area contributed by atoms with Crippen LogP contribution in [0.1, 0.15) is 29.3 Å². The first kappa shape index (κ1) is 32.8. The van der Waals surface area contributed by atoms with Crippen LogP contribution in [0.3, 0.4) is 0 Å². The van der Waals surface area contributed by atoms with Crippen LogP contribution in [0.4, 0.5) is 0 Å². The molecule has 0 amide bonds. The number of nitrogens with zero attached hydrogens (tertiary/aromatic N) is 5. The molecule has 0 fully saturated rings. The van der Waals surface area contributed by atoms with E-state index in [4.69, 9.17) is 0 Å². The summed E-state index contributed by atoms with van der Waals surface area (Å²) in [6.07, 6.45) is 6.22. The number of para-hydroxylation sites is 3. The molecule has 0 bridgehead atoms. The number of hydrogen-bond donors (Lipinski definition) is 0. The molecule has 56 heavy (non-hydrogen) atoms. The van der Waals surface area contributed by atoms with E-state index < -0.39 is 0 Å². The zero-order valence-electron chi connectivity index (χ0n) is 30.6. The zero-order valence-corrected chi connectivity index (χ0v) is 30.6. The fourth-order valence-electron chi connectivity index (χ4n) is 8.69. The third-order valence-electron chi connectivity index (χ3n) is 11.0. The normalized spacial score (nSPS) is 11.6. The Bertz CT molecular complexity index is 3370. The van der Waals surface area contributed by atoms with Gasteiger partial charge in [-0.05, 0) is 85.3 Å². The van der Waals surface area contributed by atoms with Crippen LogP contribution in [-0.4, -0.2) is 13.7 Å². The topological polar surface area (TPSA) is 62.4 Å². The molecule has 7 aromatic carbocycles. The fraction of sp³-hybridized carbons (Fsp3) is 0.0196. The Labute approximate surface area is 323 Å². The molecule has 5 nitrogen and oxygen atoms in total. The Morgan fingerprint density at radius 1 is 0.518 bits per heavy atom. The molecule has 0 spiro atoms. The van der Waals surface area contributed by atoms with Crippen molar-refractivity contribution in [2.45, 2.75) is 6.92 Å². The SMILES string of the molecule is C=Cc1c(/C=C\C)c2ccccc2n1-c1cccc2c1c1ccccc1n2-c1cccc(-c2ccc(C#N)cc2-n2c3ccccc3c3ccc(C#N)cc32)c1. The molecule has 262 valence electrons. The molecular weight excluding hydrogens is 683 g/mol. The molecule has 0 aliphatic carbocycles. The van der Waals surface area contributed by atoms with Gasteiger partial charge in [0.05, 0.1) is 67.9 Å². The molecule has 0 aliphatic rings. The van der Waals surface area contributed by atoms with Crippen molar-refractivity contribution in [3.63, 3.8) is 0 Å². The van der Waals surface area contributed by atoms with Crippen LogP contribution in [-0.2, 0) is 0 Å². The highest BCUT2D eigenvalue weighted by molar-refractivity contribution is 6.14. The van der Waals surface area contributed by atoms with Gasteiger partial charge < -0.3 is 13.7 Å². The maximum atomic E-state index is 10.1. The predicted octanol–water partition coefficient (Wildman–Crippen LogP) is 12.9. The van der Waals surface area contributed by atoms with Gasteiger partial charge in [0.25, 0.3) is 0 Å². The number of nitriles is 2. The maximum Gasteiger partial charge on any atom is 0.0992 e. The summed E-state index contributed by atoms with van der Waals surface area (Å²) in [7, 11) is 0. The fourth-order valence-corrected chi connectivity index (χ4v) is 8.69. The van der Waals surface area contributed by atoms with Gasteiger partial charge in [-0.2, -0.15) is 10.5 Å². The van der Waals surface area contributed by atoms with Crippen molar-refractivity contribution in [3.8, 4) is 40.3 Å². The maximum absolute atomic E-state index is 10.1. The van der Waals surface area contributed by atoms with E-state index in [1.54, 1.807) is 0 Å². The monoisotopic (exact) mass is 715 g/mol. The average Bonchev–Trinajstić information content (AvgIpc) is 3.88. The minimum atomic E-state index is 0.561. The predicted molar refractivity (Wildman–Crippen MR) is 232 cm³/mol. The summed E-state index contributed by atoms with van der Waals surface area (Å²) in [5.74, 6) is 0. The Morgan fingerprint density at radius 2 is 1.14 bits per heavy atom. The molecule has 3 heterocycles. The minimum Gasteiger partial charge on any atom is -0.309 e. The van der Waals surface area contributed by atoms with E-state index in [0.717, 1.165) is 88.6 Å². The average molecular weight is 716 g/mol. The van der Waals surface area contributed by atoms with Gasteiger partial charge in [0.1, 0.15) is 0 Å². The quantitative estimate of drug-likeness (QED) is 0.172. The molecule has 10 rings (SSSR count). The van der Waals surface area contributed by atoms with Gasteiger partial charge in [-0.15, -0.1) is 0 Å². The highest BCUT2D eigenvalue weighted by atomic mass is 15.0. The van der Waals surface area contributed by atoms with E-state index in [0.29, 0.717) is 11.1 Å². The number of fused-ring (bicyclic) bond motifs is 7. The molecule has 10 aromatic rings. The highest BCUT2D eigenvalue weighted by Crippen LogP contribution is 2.41. The van der Waals surface area contributed by atoms with Crippen molar-refractivity contribution in [2.75, 3.05) is 0 Å². The summed E-state index contributed by atoms with van der Waals surface area (Å²) in [6, 6.07) is 57.0.